The second kappa shape index (κ2) is 7.12. The Bertz CT molecular complexity index is 1170. The van der Waals surface area contributed by atoms with Gasteiger partial charge in [0.1, 0.15) is 11.8 Å². The quantitative estimate of drug-likeness (QED) is 0.624. The second-order valence-electron chi connectivity index (χ2n) is 7.32. The number of hydrogen-bond acceptors (Lipinski definition) is 7. The first-order valence-corrected chi connectivity index (χ1v) is 10.3. The largest absolute Gasteiger partial charge is 0.573 e. The summed E-state index contributed by atoms with van der Waals surface area (Å²) >= 11 is 1.60. The molecule has 3 heterocycles. The number of alkyl halides is 3. The van der Waals surface area contributed by atoms with Crippen LogP contribution in [0.25, 0.3) is 0 Å². The molecule has 0 amide bonds. The second-order valence-corrected chi connectivity index (χ2v) is 8.30. The van der Waals surface area contributed by atoms with Gasteiger partial charge in [-0.05, 0) is 35.6 Å². The Morgan fingerprint density at radius 1 is 1.19 bits per heavy atom. The smallest absolute Gasteiger partial charge is 0.406 e. The number of fused-ring (bicyclic) bond motifs is 1. The number of allylic oxidation sites excluding steroid dienone is 2. The van der Waals surface area contributed by atoms with Crippen molar-refractivity contribution in [3.8, 4) is 5.75 Å². The van der Waals surface area contributed by atoms with Gasteiger partial charge in [-0.1, -0.05) is 18.2 Å². The van der Waals surface area contributed by atoms with Crippen LogP contribution in [0, 0.1) is 0 Å². The number of carbonyl (C=O) groups is 1. The molecule has 1 aromatic carbocycles. The van der Waals surface area contributed by atoms with Gasteiger partial charge < -0.3 is 15.8 Å². The number of nitrogens with zero attached hydrogens (tertiary/aromatic N) is 3. The first kappa shape index (κ1) is 19.6. The minimum absolute atomic E-state index is 0.0339. The van der Waals surface area contributed by atoms with Crippen LogP contribution in [0.2, 0.25) is 0 Å². The molecule has 160 valence electrons. The zero-order valence-electron chi connectivity index (χ0n) is 15.9. The molecule has 1 aliphatic carbocycles. The van der Waals surface area contributed by atoms with Crippen molar-refractivity contribution in [3.05, 3.63) is 63.5 Å². The number of rotatable bonds is 3. The molecular weight excluding hydrogens is 431 g/mol. The van der Waals surface area contributed by atoms with Crippen LogP contribution in [0.3, 0.4) is 0 Å². The van der Waals surface area contributed by atoms with Gasteiger partial charge >= 0.3 is 6.36 Å². The number of nitrogen functional groups attached to an aromatic ring is 1. The molecule has 2 aromatic heterocycles. The van der Waals surface area contributed by atoms with Crippen molar-refractivity contribution >= 4 is 29.0 Å². The lowest BCUT2D eigenvalue weighted by molar-refractivity contribution is -0.274. The third-order valence-corrected chi connectivity index (χ3v) is 6.35. The van der Waals surface area contributed by atoms with E-state index < -0.39 is 12.4 Å². The third-order valence-electron chi connectivity index (χ3n) is 5.31. The molecule has 5 rings (SSSR count). The molecule has 0 saturated heterocycles. The summed E-state index contributed by atoms with van der Waals surface area (Å²) in [4.78, 5) is 18.6. The highest BCUT2D eigenvalue weighted by Crippen LogP contribution is 2.45. The maximum Gasteiger partial charge on any atom is 0.573 e. The zero-order valence-corrected chi connectivity index (χ0v) is 16.7. The van der Waals surface area contributed by atoms with Crippen LogP contribution in [0.1, 0.15) is 35.2 Å². The van der Waals surface area contributed by atoms with Crippen LogP contribution < -0.4 is 15.8 Å². The van der Waals surface area contributed by atoms with Crippen molar-refractivity contribution < 1.29 is 22.7 Å². The fourth-order valence-corrected chi connectivity index (χ4v) is 4.94. The van der Waals surface area contributed by atoms with Crippen molar-refractivity contribution in [1.82, 2.24) is 14.8 Å². The summed E-state index contributed by atoms with van der Waals surface area (Å²) < 4.78 is 43.0. The van der Waals surface area contributed by atoms with Crippen molar-refractivity contribution in [1.29, 1.82) is 0 Å². The fraction of sp³-hybridized carbons (Fsp3) is 0.250. The Kier molecular flexibility index (Phi) is 4.50. The van der Waals surface area contributed by atoms with Gasteiger partial charge in [-0.15, -0.1) is 29.6 Å². The molecule has 1 aliphatic heterocycles. The number of nitrogens with two attached hydrogens (primary N) is 1. The minimum atomic E-state index is -4.78. The maximum atomic E-state index is 13.2. The summed E-state index contributed by atoms with van der Waals surface area (Å²) in [6.07, 6.45) is -3.83. The van der Waals surface area contributed by atoms with E-state index in [1.165, 1.54) is 28.9 Å². The molecule has 0 radical (unpaired) electrons. The highest BCUT2D eigenvalue weighted by Gasteiger charge is 2.40. The van der Waals surface area contributed by atoms with E-state index in [9.17, 15) is 18.0 Å². The molecule has 2 aliphatic rings. The lowest BCUT2D eigenvalue weighted by atomic mass is 9.80. The molecule has 3 N–H and O–H groups in total. The Morgan fingerprint density at radius 3 is 2.65 bits per heavy atom. The molecule has 0 bridgehead atoms. The SMILES string of the molecule is Nc1nc2n(n1)[C@H](c1ccc(OC(F)(F)F)cc1)C1=C(C[C@@H](c3cccs3)CC1=O)N2. The zero-order chi connectivity index (χ0) is 21.8. The van der Waals surface area contributed by atoms with E-state index in [0.29, 0.717) is 29.9 Å². The van der Waals surface area contributed by atoms with E-state index in [1.54, 1.807) is 11.3 Å². The summed E-state index contributed by atoms with van der Waals surface area (Å²) in [5, 5.41) is 9.37. The molecular formula is C20H16F3N5O2S. The monoisotopic (exact) mass is 447 g/mol. The average molecular weight is 447 g/mol. The Labute approximate surface area is 178 Å². The molecule has 0 unspecified atom stereocenters. The van der Waals surface area contributed by atoms with E-state index in [0.717, 1.165) is 10.6 Å². The molecule has 7 nitrogen and oxygen atoms in total. The van der Waals surface area contributed by atoms with E-state index in [2.05, 4.69) is 20.1 Å². The normalized spacial score (nSPS) is 20.8. The highest BCUT2D eigenvalue weighted by atomic mass is 32.1. The number of carbonyl (C=O) groups excluding carboxylic acids is 1. The number of aromatic nitrogens is 3. The van der Waals surface area contributed by atoms with Crippen LogP contribution in [-0.4, -0.2) is 26.9 Å². The average Bonchev–Trinajstić information content (AvgIpc) is 3.34. The van der Waals surface area contributed by atoms with Gasteiger partial charge in [0.2, 0.25) is 11.9 Å². The van der Waals surface area contributed by atoms with Gasteiger partial charge in [0, 0.05) is 28.5 Å². The van der Waals surface area contributed by atoms with E-state index in [4.69, 9.17) is 5.73 Å². The number of thiophene rings is 1. The predicted octanol–water partition coefficient (Wildman–Crippen LogP) is 4.24. The van der Waals surface area contributed by atoms with Gasteiger partial charge in [-0.2, -0.15) is 4.98 Å². The van der Waals surface area contributed by atoms with Gasteiger partial charge in [0.15, 0.2) is 5.78 Å². The van der Waals surface area contributed by atoms with E-state index in [1.807, 2.05) is 17.5 Å². The first-order valence-electron chi connectivity index (χ1n) is 9.43. The van der Waals surface area contributed by atoms with Gasteiger partial charge in [-0.25, -0.2) is 4.68 Å². The summed E-state index contributed by atoms with van der Waals surface area (Å²) in [7, 11) is 0. The summed E-state index contributed by atoms with van der Waals surface area (Å²) in [5.41, 5.74) is 7.63. The maximum absolute atomic E-state index is 13.2. The standard InChI is InChI=1S/C20H16F3N5O2S/c21-20(22,23)30-12-5-3-10(4-6-12)17-16-13(25-19-26-18(24)27-28(17)19)8-11(9-14(16)29)15-2-1-7-31-15/h1-7,11,17H,8-9H2,(H3,24,25,26,27)/t11-,17-/m1/s1. The van der Waals surface area contributed by atoms with E-state index >= 15 is 0 Å². The number of Topliss-reactive ketones (excluding diaryl/α,β-unsaturated/α-hetero) is 1. The Balaban J connectivity index is 1.55. The number of ether oxygens (including phenoxy) is 1. The molecule has 3 aromatic rings. The van der Waals surface area contributed by atoms with Crippen molar-refractivity contribution in [2.75, 3.05) is 11.1 Å². The topological polar surface area (TPSA) is 95.1 Å². The number of hydrogen-bond donors (Lipinski definition) is 2. The fourth-order valence-electron chi connectivity index (χ4n) is 4.11. The van der Waals surface area contributed by atoms with Crippen molar-refractivity contribution in [2.45, 2.75) is 31.2 Å². The minimum Gasteiger partial charge on any atom is -0.406 e. The lowest BCUT2D eigenvalue weighted by Crippen LogP contribution is -2.33. The third kappa shape index (κ3) is 3.65. The van der Waals surface area contributed by atoms with Crippen LogP contribution in [0.4, 0.5) is 25.1 Å². The first-order chi connectivity index (χ1) is 14.8. The van der Waals surface area contributed by atoms with E-state index in [-0.39, 0.29) is 23.4 Å². The predicted molar refractivity (Wildman–Crippen MR) is 108 cm³/mol. The van der Waals surface area contributed by atoms with Gasteiger partial charge in [0.05, 0.1) is 0 Å². The van der Waals surface area contributed by atoms with Crippen LogP contribution in [0.15, 0.2) is 53.0 Å². The lowest BCUT2D eigenvalue weighted by Gasteiger charge is -2.34. The Morgan fingerprint density at radius 2 is 1.97 bits per heavy atom. The summed E-state index contributed by atoms with van der Waals surface area (Å²) in [6.45, 7) is 0. The highest BCUT2D eigenvalue weighted by molar-refractivity contribution is 7.10. The van der Waals surface area contributed by atoms with Crippen LogP contribution >= 0.6 is 11.3 Å². The number of benzene rings is 1. The summed E-state index contributed by atoms with van der Waals surface area (Å²) in [6, 6.07) is 8.72. The molecule has 31 heavy (non-hydrogen) atoms. The van der Waals surface area contributed by atoms with Gasteiger partial charge in [0.25, 0.3) is 0 Å². The molecule has 0 spiro atoms. The number of nitrogens with one attached hydrogen (secondary N) is 1. The van der Waals surface area contributed by atoms with Crippen LogP contribution in [-0.2, 0) is 4.79 Å². The van der Waals surface area contributed by atoms with Crippen molar-refractivity contribution in [2.24, 2.45) is 0 Å². The molecule has 0 saturated carbocycles. The Hall–Kier alpha value is -3.34. The van der Waals surface area contributed by atoms with Crippen molar-refractivity contribution in [3.63, 3.8) is 0 Å². The molecule has 2 atom stereocenters. The molecule has 11 heteroatoms. The summed E-state index contributed by atoms with van der Waals surface area (Å²) in [5.74, 6) is 0.0786. The number of halogens is 3. The number of ketones is 1. The molecule has 0 fully saturated rings. The number of anilines is 2. The van der Waals surface area contributed by atoms with Gasteiger partial charge in [-0.3, -0.25) is 4.79 Å². The van der Waals surface area contributed by atoms with Crippen LogP contribution in [0.5, 0.6) is 5.75 Å².